The summed E-state index contributed by atoms with van der Waals surface area (Å²) < 4.78 is 3.88. The quantitative estimate of drug-likeness (QED) is 0.100. The van der Waals surface area contributed by atoms with E-state index in [1.165, 1.54) is 13.7 Å². The van der Waals surface area contributed by atoms with Gasteiger partial charge < -0.3 is 0 Å². The summed E-state index contributed by atoms with van der Waals surface area (Å²) >= 11 is 17.2. The highest BCUT2D eigenvalue weighted by molar-refractivity contribution is 6.18. The first-order valence-corrected chi connectivity index (χ1v) is 15.8. The molecule has 0 aliphatic rings. The van der Waals surface area contributed by atoms with Crippen LogP contribution in [0.15, 0.2) is 14.4 Å². The van der Waals surface area contributed by atoms with Gasteiger partial charge in [-0.25, -0.2) is 28.1 Å². The van der Waals surface area contributed by atoms with Gasteiger partial charge in [-0.3, -0.25) is 0 Å². The van der Waals surface area contributed by atoms with Gasteiger partial charge in [-0.1, -0.05) is 77.0 Å². The summed E-state index contributed by atoms with van der Waals surface area (Å²) in [6, 6.07) is 0. The highest BCUT2D eigenvalue weighted by Gasteiger charge is 2.15. The number of hydrogen-bond acceptors (Lipinski definition) is 3. The molecule has 0 aromatic carbocycles. The van der Waals surface area contributed by atoms with Gasteiger partial charge in [-0.05, 0) is 38.5 Å². The highest BCUT2D eigenvalue weighted by atomic mass is 35.5. The second-order valence-electron chi connectivity index (χ2n) is 9.73. The summed E-state index contributed by atoms with van der Waals surface area (Å²) in [7, 11) is 0. The Balaban J connectivity index is 2.81. The first-order valence-electron chi connectivity index (χ1n) is 14.2. The van der Waals surface area contributed by atoms with Gasteiger partial charge in [-0.15, -0.1) is 34.8 Å². The molecule has 0 spiro atoms. The molecule has 0 saturated heterocycles. The van der Waals surface area contributed by atoms with E-state index in [4.69, 9.17) is 34.8 Å². The summed E-state index contributed by atoms with van der Waals surface area (Å²) in [5.74, 6) is 2.08. The van der Waals surface area contributed by atoms with Gasteiger partial charge in [0.2, 0.25) is 0 Å². The molecule has 0 amide bonds. The zero-order valence-corrected chi connectivity index (χ0v) is 24.4. The number of halogens is 3. The number of aromatic nitrogens is 3. The average molecular weight is 569 g/mol. The monoisotopic (exact) mass is 567 g/mol. The Bertz CT molecular complexity index is 712. The van der Waals surface area contributed by atoms with Crippen molar-refractivity contribution >= 4 is 34.8 Å². The molecular formula is C27H48Cl3N3O3. The Morgan fingerprint density at radius 2 is 0.528 bits per heavy atom. The summed E-state index contributed by atoms with van der Waals surface area (Å²) in [6.07, 6.45) is 18.1. The highest BCUT2D eigenvalue weighted by Crippen LogP contribution is 2.08. The minimum Gasteiger partial charge on any atom is -0.247 e. The Kier molecular flexibility index (Phi) is 20.6. The van der Waals surface area contributed by atoms with Crippen LogP contribution >= 0.6 is 34.8 Å². The van der Waals surface area contributed by atoms with Crippen molar-refractivity contribution in [2.45, 2.75) is 135 Å². The molecule has 1 heterocycles. The van der Waals surface area contributed by atoms with Crippen molar-refractivity contribution in [2.75, 3.05) is 17.6 Å². The summed E-state index contributed by atoms with van der Waals surface area (Å²) in [5.41, 5.74) is -1.36. The number of unbranched alkanes of at least 4 members (excludes halogenated alkanes) is 15. The lowest BCUT2D eigenvalue weighted by molar-refractivity contribution is 0.411. The zero-order valence-electron chi connectivity index (χ0n) is 22.2. The molecule has 210 valence electrons. The van der Waals surface area contributed by atoms with Gasteiger partial charge in [-0.2, -0.15) is 0 Å². The molecule has 0 aliphatic heterocycles. The fraction of sp³-hybridized carbons (Fsp3) is 0.889. The van der Waals surface area contributed by atoms with Gasteiger partial charge in [0, 0.05) is 37.3 Å². The second kappa shape index (κ2) is 22.3. The van der Waals surface area contributed by atoms with Crippen molar-refractivity contribution < 1.29 is 0 Å². The second-order valence-corrected chi connectivity index (χ2v) is 10.9. The van der Waals surface area contributed by atoms with E-state index in [1.54, 1.807) is 0 Å². The van der Waals surface area contributed by atoms with E-state index >= 15 is 0 Å². The summed E-state index contributed by atoms with van der Waals surface area (Å²) in [6.45, 7) is 1.10. The maximum absolute atomic E-state index is 13.1. The third-order valence-corrected chi connectivity index (χ3v) is 7.48. The minimum absolute atomic E-state index is 0.365. The van der Waals surface area contributed by atoms with Crippen molar-refractivity contribution in [1.82, 2.24) is 13.7 Å². The largest absolute Gasteiger partial charge is 0.336 e. The SMILES string of the molecule is O=c1n(CCCCCCCCCl)c(=O)n(CCCCCCCCCl)c(=O)n1CCCCCCCCCl. The molecule has 0 radical (unpaired) electrons. The molecule has 9 heteroatoms. The summed E-state index contributed by atoms with van der Waals surface area (Å²) in [4.78, 5) is 39.4. The molecule has 1 aromatic heterocycles. The van der Waals surface area contributed by atoms with Crippen LogP contribution in [0.5, 0.6) is 0 Å². The van der Waals surface area contributed by atoms with Crippen LogP contribution in [0.1, 0.15) is 116 Å². The zero-order chi connectivity index (χ0) is 26.4. The molecule has 0 aliphatic carbocycles. The van der Waals surface area contributed by atoms with Gasteiger partial charge in [0.25, 0.3) is 0 Å². The van der Waals surface area contributed by atoms with Crippen molar-refractivity contribution in [3.63, 3.8) is 0 Å². The smallest absolute Gasteiger partial charge is 0.247 e. The Hall–Kier alpha value is -0.720. The van der Waals surface area contributed by atoms with Crippen LogP contribution in [-0.2, 0) is 19.6 Å². The van der Waals surface area contributed by atoms with E-state index in [1.807, 2.05) is 0 Å². The maximum atomic E-state index is 13.1. The lowest BCUT2D eigenvalue weighted by Crippen LogP contribution is -2.54. The molecule has 0 saturated carbocycles. The van der Waals surface area contributed by atoms with E-state index in [0.717, 1.165) is 116 Å². The molecule has 0 fully saturated rings. The van der Waals surface area contributed by atoms with E-state index < -0.39 is 17.1 Å². The fourth-order valence-electron chi connectivity index (χ4n) is 4.47. The first-order chi connectivity index (χ1) is 17.6. The maximum Gasteiger partial charge on any atom is 0.336 e. The van der Waals surface area contributed by atoms with Gasteiger partial charge in [0.1, 0.15) is 0 Å². The van der Waals surface area contributed by atoms with Crippen LogP contribution in [0, 0.1) is 0 Å². The molecule has 1 aromatic rings. The van der Waals surface area contributed by atoms with Crippen LogP contribution in [0.2, 0.25) is 0 Å². The van der Waals surface area contributed by atoms with Crippen molar-refractivity contribution in [2.24, 2.45) is 0 Å². The van der Waals surface area contributed by atoms with E-state index in [0.29, 0.717) is 37.3 Å². The van der Waals surface area contributed by atoms with E-state index in [2.05, 4.69) is 0 Å². The Morgan fingerprint density at radius 1 is 0.333 bits per heavy atom. The third-order valence-electron chi connectivity index (χ3n) is 6.68. The lowest BCUT2D eigenvalue weighted by Gasteiger charge is -2.14. The number of hydrogen-bond donors (Lipinski definition) is 0. The van der Waals surface area contributed by atoms with Gasteiger partial charge in [0.15, 0.2) is 0 Å². The molecule has 36 heavy (non-hydrogen) atoms. The van der Waals surface area contributed by atoms with Crippen molar-refractivity contribution in [1.29, 1.82) is 0 Å². The fourth-order valence-corrected chi connectivity index (χ4v) is 5.04. The molecule has 6 nitrogen and oxygen atoms in total. The van der Waals surface area contributed by atoms with Crippen molar-refractivity contribution in [3.8, 4) is 0 Å². The van der Waals surface area contributed by atoms with Crippen LogP contribution in [0.3, 0.4) is 0 Å². The Labute approximate surface area is 232 Å². The van der Waals surface area contributed by atoms with Crippen LogP contribution in [0.25, 0.3) is 0 Å². The minimum atomic E-state index is -0.452. The molecule has 0 unspecified atom stereocenters. The Morgan fingerprint density at radius 3 is 0.750 bits per heavy atom. The lowest BCUT2D eigenvalue weighted by atomic mass is 10.1. The molecule has 0 atom stereocenters. The predicted octanol–water partition coefficient (Wildman–Crippen LogP) is 6.91. The third kappa shape index (κ3) is 13.7. The molecule has 1 rings (SSSR count). The summed E-state index contributed by atoms with van der Waals surface area (Å²) in [5, 5.41) is 0. The van der Waals surface area contributed by atoms with Gasteiger partial charge >= 0.3 is 17.1 Å². The van der Waals surface area contributed by atoms with Gasteiger partial charge in [0.05, 0.1) is 0 Å². The van der Waals surface area contributed by atoms with Crippen LogP contribution < -0.4 is 17.1 Å². The normalized spacial score (nSPS) is 11.4. The molecule has 0 bridgehead atoms. The molecule has 0 N–H and O–H groups in total. The van der Waals surface area contributed by atoms with E-state index in [9.17, 15) is 14.4 Å². The molecular weight excluding hydrogens is 521 g/mol. The topological polar surface area (TPSA) is 66.0 Å². The average Bonchev–Trinajstić information content (AvgIpc) is 2.87. The van der Waals surface area contributed by atoms with E-state index in [-0.39, 0.29) is 0 Å². The number of rotatable bonds is 24. The first kappa shape index (κ1) is 33.3. The van der Waals surface area contributed by atoms with Crippen LogP contribution in [0.4, 0.5) is 0 Å². The number of alkyl halides is 3. The predicted molar refractivity (Wildman–Crippen MR) is 154 cm³/mol. The standard InChI is InChI=1S/C27H48Cl3N3O3/c28-19-13-7-1-4-10-16-22-31-25(34)32(23-17-11-5-2-8-14-20-29)27(36)33(26(31)35)24-18-12-6-3-9-15-21-30/h1-24H2. The van der Waals surface area contributed by atoms with Crippen LogP contribution in [-0.4, -0.2) is 31.3 Å². The van der Waals surface area contributed by atoms with Crippen molar-refractivity contribution in [3.05, 3.63) is 31.5 Å². The number of nitrogens with zero attached hydrogens (tertiary/aromatic N) is 3.